The number of aromatic nitrogens is 2. The van der Waals surface area contributed by atoms with Gasteiger partial charge in [0.1, 0.15) is 6.04 Å². The molecule has 33 heavy (non-hydrogen) atoms. The molecule has 1 aliphatic heterocycles. The van der Waals surface area contributed by atoms with Crippen LogP contribution in [-0.4, -0.2) is 57.7 Å². The Balaban J connectivity index is 1.91. The van der Waals surface area contributed by atoms with Gasteiger partial charge in [-0.25, -0.2) is 4.98 Å². The fourth-order valence-electron chi connectivity index (χ4n) is 4.01. The van der Waals surface area contributed by atoms with Crippen LogP contribution < -0.4 is 5.73 Å². The Morgan fingerprint density at radius 3 is 2.67 bits per heavy atom. The van der Waals surface area contributed by atoms with Crippen LogP contribution in [0.15, 0.2) is 18.5 Å². The first kappa shape index (κ1) is 25.3. The van der Waals surface area contributed by atoms with Crippen LogP contribution in [0.25, 0.3) is 11.0 Å². The van der Waals surface area contributed by atoms with E-state index in [9.17, 15) is 14.4 Å². The minimum Gasteiger partial charge on any atom is -0.433 e. The number of fused-ring (bicyclic) bond motifs is 1. The van der Waals surface area contributed by atoms with Crippen molar-refractivity contribution in [1.82, 2.24) is 14.5 Å². The van der Waals surface area contributed by atoms with Crippen molar-refractivity contribution in [2.45, 2.75) is 52.5 Å². The number of carbonyl (C=O) groups is 3. The van der Waals surface area contributed by atoms with Crippen molar-refractivity contribution in [3.63, 3.8) is 0 Å². The summed E-state index contributed by atoms with van der Waals surface area (Å²) >= 11 is 12.3. The molecule has 0 aliphatic carbocycles. The van der Waals surface area contributed by atoms with Crippen LogP contribution in [0.4, 0.5) is 0 Å². The Bertz CT molecular complexity index is 1040. The highest BCUT2D eigenvalue weighted by atomic mass is 35.5. The fourth-order valence-corrected chi connectivity index (χ4v) is 4.33. The van der Waals surface area contributed by atoms with Crippen LogP contribution >= 0.6 is 23.2 Å². The molecular formula is C22H28Cl2N4O5. The summed E-state index contributed by atoms with van der Waals surface area (Å²) in [6, 6.07) is 2.77. The van der Waals surface area contributed by atoms with Crippen molar-refractivity contribution in [1.29, 1.82) is 0 Å². The molecule has 0 bridgehead atoms. The molecule has 3 rings (SSSR count). The summed E-state index contributed by atoms with van der Waals surface area (Å²) in [5, 5.41) is 0.796. The Morgan fingerprint density at radius 2 is 2.03 bits per heavy atom. The second-order valence-electron chi connectivity index (χ2n) is 8.33. The zero-order valence-corrected chi connectivity index (χ0v) is 20.3. The van der Waals surface area contributed by atoms with Gasteiger partial charge in [0.2, 0.25) is 18.1 Å². The number of imidazole rings is 1. The second kappa shape index (κ2) is 10.7. The summed E-state index contributed by atoms with van der Waals surface area (Å²) in [6.45, 7) is 6.41. The van der Waals surface area contributed by atoms with Crippen molar-refractivity contribution in [3.8, 4) is 0 Å². The fraction of sp³-hybridized carbons (Fsp3) is 0.545. The summed E-state index contributed by atoms with van der Waals surface area (Å²) in [7, 11) is 0. The van der Waals surface area contributed by atoms with Gasteiger partial charge in [0.15, 0.2) is 0 Å². The van der Waals surface area contributed by atoms with Crippen molar-refractivity contribution < 1.29 is 23.9 Å². The monoisotopic (exact) mass is 498 g/mol. The summed E-state index contributed by atoms with van der Waals surface area (Å²) in [4.78, 5) is 43.3. The number of halogens is 2. The number of hydrogen-bond acceptors (Lipinski definition) is 6. The average molecular weight is 499 g/mol. The van der Waals surface area contributed by atoms with Gasteiger partial charge in [-0.15, -0.1) is 0 Å². The molecule has 180 valence electrons. The molecule has 2 amide bonds. The first-order valence-corrected chi connectivity index (χ1v) is 11.6. The smallest absolute Gasteiger partial charge is 0.310 e. The van der Waals surface area contributed by atoms with Crippen LogP contribution in [0.2, 0.25) is 10.0 Å². The SMILES string of the molecule is CCOC1OC(=O)CC1N(CCn1cnc2cc(Cl)c(Cl)cc21)C(=O)C(CC(N)=O)C(C)C. The van der Waals surface area contributed by atoms with E-state index in [1.54, 1.807) is 30.3 Å². The van der Waals surface area contributed by atoms with E-state index in [1.165, 1.54) is 0 Å². The molecule has 2 aromatic rings. The van der Waals surface area contributed by atoms with Crippen molar-refractivity contribution >= 4 is 52.0 Å². The number of primary amides is 1. The van der Waals surface area contributed by atoms with Gasteiger partial charge in [-0.1, -0.05) is 37.0 Å². The maximum atomic E-state index is 13.6. The number of hydrogen-bond donors (Lipinski definition) is 1. The van der Waals surface area contributed by atoms with Gasteiger partial charge >= 0.3 is 5.97 Å². The van der Waals surface area contributed by atoms with E-state index in [4.69, 9.17) is 38.4 Å². The third-order valence-corrected chi connectivity index (χ3v) is 6.46. The molecule has 9 nitrogen and oxygen atoms in total. The molecule has 1 fully saturated rings. The predicted molar refractivity (Wildman–Crippen MR) is 124 cm³/mol. The highest BCUT2D eigenvalue weighted by Crippen LogP contribution is 2.29. The predicted octanol–water partition coefficient (Wildman–Crippen LogP) is 3.00. The van der Waals surface area contributed by atoms with E-state index in [2.05, 4.69) is 4.98 Å². The number of benzene rings is 1. The molecule has 2 heterocycles. The van der Waals surface area contributed by atoms with Crippen LogP contribution in [0.5, 0.6) is 0 Å². The second-order valence-corrected chi connectivity index (χ2v) is 9.15. The molecular weight excluding hydrogens is 471 g/mol. The number of nitrogens with two attached hydrogens (primary N) is 1. The summed E-state index contributed by atoms with van der Waals surface area (Å²) in [6.07, 6.45) is 0.681. The Labute approximate surface area is 202 Å². The lowest BCUT2D eigenvalue weighted by Gasteiger charge is -2.34. The van der Waals surface area contributed by atoms with Crippen LogP contribution in [0, 0.1) is 11.8 Å². The highest BCUT2D eigenvalue weighted by molar-refractivity contribution is 6.42. The number of esters is 1. The quantitative estimate of drug-likeness (QED) is 0.503. The van der Waals surface area contributed by atoms with Gasteiger partial charge < -0.3 is 24.7 Å². The molecule has 1 aliphatic rings. The molecule has 1 saturated heterocycles. The van der Waals surface area contributed by atoms with Gasteiger partial charge in [-0.2, -0.15) is 0 Å². The number of nitrogens with zero attached hydrogens (tertiary/aromatic N) is 3. The standard InChI is InChI=1S/C22H28Cl2N4O5/c1-4-32-22-18(10-20(30)33-22)28(21(31)13(12(2)3)7-19(25)29)6-5-27-11-26-16-8-14(23)15(24)9-17(16)27/h8-9,11-13,18,22H,4-7,10H2,1-3H3,(H2,25,29). The van der Waals surface area contributed by atoms with Crippen LogP contribution in [0.3, 0.4) is 0 Å². The lowest BCUT2D eigenvalue weighted by atomic mass is 9.90. The summed E-state index contributed by atoms with van der Waals surface area (Å²) in [5.74, 6) is -2.04. The first-order chi connectivity index (χ1) is 15.6. The largest absolute Gasteiger partial charge is 0.433 e. The van der Waals surface area contributed by atoms with Gasteiger partial charge in [-0.05, 0) is 25.0 Å². The first-order valence-electron chi connectivity index (χ1n) is 10.8. The van der Waals surface area contributed by atoms with Crippen LogP contribution in [0.1, 0.15) is 33.6 Å². The lowest BCUT2D eigenvalue weighted by Crippen LogP contribution is -2.50. The van der Waals surface area contributed by atoms with E-state index < -0.39 is 30.1 Å². The summed E-state index contributed by atoms with van der Waals surface area (Å²) in [5.41, 5.74) is 6.84. The van der Waals surface area contributed by atoms with E-state index >= 15 is 0 Å². The van der Waals surface area contributed by atoms with Gasteiger partial charge in [0.05, 0.1) is 33.8 Å². The Kier molecular flexibility index (Phi) is 8.20. The Morgan fingerprint density at radius 1 is 1.33 bits per heavy atom. The number of carbonyl (C=O) groups excluding carboxylic acids is 3. The molecule has 1 aromatic heterocycles. The topological polar surface area (TPSA) is 117 Å². The van der Waals surface area contributed by atoms with Gasteiger partial charge in [-0.3, -0.25) is 14.4 Å². The molecule has 2 N–H and O–H groups in total. The minimum atomic E-state index is -0.874. The minimum absolute atomic E-state index is 0.00387. The van der Waals surface area contributed by atoms with Crippen molar-refractivity contribution in [2.75, 3.05) is 13.2 Å². The molecule has 0 spiro atoms. The van der Waals surface area contributed by atoms with Crippen LogP contribution in [-0.2, 0) is 30.4 Å². The number of amides is 2. The molecule has 0 radical (unpaired) electrons. The maximum Gasteiger partial charge on any atom is 0.310 e. The summed E-state index contributed by atoms with van der Waals surface area (Å²) < 4.78 is 12.8. The van der Waals surface area contributed by atoms with E-state index in [0.717, 1.165) is 5.52 Å². The Hall–Kier alpha value is -2.36. The number of rotatable bonds is 10. The zero-order chi connectivity index (χ0) is 24.3. The number of ether oxygens (including phenoxy) is 2. The highest BCUT2D eigenvalue weighted by Gasteiger charge is 2.43. The van der Waals surface area contributed by atoms with E-state index in [0.29, 0.717) is 28.7 Å². The van der Waals surface area contributed by atoms with Gasteiger partial charge in [0.25, 0.3) is 0 Å². The zero-order valence-electron chi connectivity index (χ0n) is 18.8. The van der Waals surface area contributed by atoms with E-state index in [-0.39, 0.29) is 31.2 Å². The number of cyclic esters (lactones) is 1. The maximum absolute atomic E-state index is 13.6. The normalized spacial score (nSPS) is 19.2. The lowest BCUT2D eigenvalue weighted by molar-refractivity contribution is -0.172. The molecule has 3 atom stereocenters. The molecule has 3 unspecified atom stereocenters. The van der Waals surface area contributed by atoms with Gasteiger partial charge in [0, 0.05) is 32.0 Å². The third kappa shape index (κ3) is 5.77. The third-order valence-electron chi connectivity index (χ3n) is 5.74. The molecule has 11 heteroatoms. The average Bonchev–Trinajstić information content (AvgIpc) is 3.29. The van der Waals surface area contributed by atoms with E-state index in [1.807, 2.05) is 18.4 Å². The molecule has 1 aromatic carbocycles. The molecule has 0 saturated carbocycles. The van der Waals surface area contributed by atoms with Crippen molar-refractivity contribution in [2.24, 2.45) is 17.6 Å². The van der Waals surface area contributed by atoms with Crippen molar-refractivity contribution in [3.05, 3.63) is 28.5 Å².